The fourth-order valence-electron chi connectivity index (χ4n) is 3.04. The molecule has 0 bridgehead atoms. The van der Waals surface area contributed by atoms with Crippen molar-refractivity contribution in [2.45, 2.75) is 38.8 Å². The Bertz CT molecular complexity index is 811. The van der Waals surface area contributed by atoms with Gasteiger partial charge in [-0.05, 0) is 44.0 Å². The Labute approximate surface area is 164 Å². The highest BCUT2D eigenvalue weighted by atomic mass is 16.5. The second-order valence-electron chi connectivity index (χ2n) is 6.59. The number of benzene rings is 1. The van der Waals surface area contributed by atoms with Crippen molar-refractivity contribution in [2.24, 2.45) is 0 Å². The molecule has 1 saturated heterocycles. The molecule has 1 atom stereocenters. The Morgan fingerprint density at radius 2 is 2.18 bits per heavy atom. The lowest BCUT2D eigenvalue weighted by atomic mass is 10.1. The van der Waals surface area contributed by atoms with E-state index in [9.17, 15) is 9.59 Å². The minimum Gasteiger partial charge on any atom is -0.490 e. The predicted molar refractivity (Wildman–Crippen MR) is 104 cm³/mol. The van der Waals surface area contributed by atoms with E-state index in [0.717, 1.165) is 18.4 Å². The zero-order chi connectivity index (χ0) is 19.8. The van der Waals surface area contributed by atoms with Crippen molar-refractivity contribution in [1.82, 2.24) is 15.6 Å². The van der Waals surface area contributed by atoms with Crippen molar-refractivity contribution in [3.63, 3.8) is 0 Å². The molecule has 2 aromatic rings. The lowest BCUT2D eigenvalue weighted by Gasteiger charge is -2.14. The van der Waals surface area contributed by atoms with E-state index in [2.05, 4.69) is 15.6 Å². The summed E-state index contributed by atoms with van der Waals surface area (Å²) in [6, 6.07) is 9.08. The first-order chi connectivity index (χ1) is 13.7. The van der Waals surface area contributed by atoms with Crippen molar-refractivity contribution >= 4 is 11.8 Å². The number of ether oxygens (including phenoxy) is 2. The van der Waals surface area contributed by atoms with Crippen molar-refractivity contribution in [3.8, 4) is 11.5 Å². The van der Waals surface area contributed by atoms with E-state index in [1.165, 1.54) is 0 Å². The Hall–Kier alpha value is -3.09. The van der Waals surface area contributed by atoms with Crippen LogP contribution in [0.2, 0.25) is 0 Å². The molecule has 148 valence electrons. The summed E-state index contributed by atoms with van der Waals surface area (Å²) in [5.74, 6) is 1.02. The molecule has 7 nitrogen and oxygen atoms in total. The molecule has 3 rings (SSSR count). The summed E-state index contributed by atoms with van der Waals surface area (Å²) in [6.07, 6.45) is 5.57. The summed E-state index contributed by atoms with van der Waals surface area (Å²) < 4.78 is 11.5. The van der Waals surface area contributed by atoms with Crippen molar-refractivity contribution < 1.29 is 19.1 Å². The SMILES string of the molecule is CCOc1cc(C(=O)NCCC2CCC(=O)N2)ccc1OCc1cccnc1. The zero-order valence-corrected chi connectivity index (χ0v) is 15.9. The molecule has 2 heterocycles. The van der Waals surface area contributed by atoms with Gasteiger partial charge in [0.25, 0.3) is 5.91 Å². The first kappa shape index (κ1) is 19.7. The van der Waals surface area contributed by atoms with Gasteiger partial charge in [0.1, 0.15) is 6.61 Å². The van der Waals surface area contributed by atoms with Crippen molar-refractivity contribution in [3.05, 3.63) is 53.9 Å². The van der Waals surface area contributed by atoms with E-state index in [1.54, 1.807) is 30.6 Å². The maximum atomic E-state index is 12.4. The van der Waals surface area contributed by atoms with Gasteiger partial charge in [-0.2, -0.15) is 0 Å². The number of nitrogens with one attached hydrogen (secondary N) is 2. The van der Waals surface area contributed by atoms with Gasteiger partial charge < -0.3 is 20.1 Å². The standard InChI is InChI=1S/C21H25N3O4/c1-2-27-19-12-16(21(26)23-11-9-17-6-8-20(25)24-17)5-7-18(19)28-14-15-4-3-10-22-13-15/h3-5,7,10,12-13,17H,2,6,8-9,11,14H2,1H3,(H,23,26)(H,24,25). The summed E-state index contributed by atoms with van der Waals surface area (Å²) >= 11 is 0. The van der Waals surface area contributed by atoms with Crippen LogP contribution < -0.4 is 20.1 Å². The third-order valence-corrected chi connectivity index (χ3v) is 4.49. The van der Waals surface area contributed by atoms with Crippen LogP contribution in [0.1, 0.15) is 42.1 Å². The number of hydrogen-bond donors (Lipinski definition) is 2. The van der Waals surface area contributed by atoms with Crippen LogP contribution in [0.15, 0.2) is 42.7 Å². The van der Waals surface area contributed by atoms with Gasteiger partial charge in [-0.1, -0.05) is 6.07 Å². The van der Waals surface area contributed by atoms with Gasteiger partial charge in [-0.25, -0.2) is 0 Å². The average molecular weight is 383 g/mol. The Morgan fingerprint density at radius 1 is 1.29 bits per heavy atom. The highest BCUT2D eigenvalue weighted by molar-refractivity contribution is 5.94. The number of carbonyl (C=O) groups is 2. The van der Waals surface area contributed by atoms with E-state index < -0.39 is 0 Å². The molecule has 1 fully saturated rings. The lowest BCUT2D eigenvalue weighted by Crippen LogP contribution is -2.31. The van der Waals surface area contributed by atoms with Crippen LogP contribution in [-0.4, -0.2) is 36.0 Å². The molecule has 0 spiro atoms. The summed E-state index contributed by atoms with van der Waals surface area (Å²) in [6.45, 7) is 3.23. The number of amides is 2. The number of rotatable bonds is 9. The average Bonchev–Trinajstić information content (AvgIpc) is 3.13. The topological polar surface area (TPSA) is 89.5 Å². The van der Waals surface area contributed by atoms with E-state index in [1.807, 2.05) is 19.1 Å². The number of pyridine rings is 1. The molecule has 0 aliphatic carbocycles. The molecular formula is C21H25N3O4. The van der Waals surface area contributed by atoms with Gasteiger partial charge >= 0.3 is 0 Å². The molecule has 28 heavy (non-hydrogen) atoms. The van der Waals surface area contributed by atoms with E-state index in [-0.39, 0.29) is 17.9 Å². The predicted octanol–water partition coefficient (Wildman–Crippen LogP) is 2.46. The van der Waals surface area contributed by atoms with Crippen LogP contribution >= 0.6 is 0 Å². The maximum absolute atomic E-state index is 12.4. The molecule has 1 aliphatic heterocycles. The zero-order valence-electron chi connectivity index (χ0n) is 15.9. The Balaban J connectivity index is 1.57. The van der Waals surface area contributed by atoms with Gasteiger partial charge in [-0.3, -0.25) is 14.6 Å². The molecule has 1 aliphatic rings. The first-order valence-electron chi connectivity index (χ1n) is 9.52. The van der Waals surface area contributed by atoms with Gasteiger partial charge in [0.2, 0.25) is 5.91 Å². The van der Waals surface area contributed by atoms with E-state index >= 15 is 0 Å². The first-order valence-corrected chi connectivity index (χ1v) is 9.52. The van der Waals surface area contributed by atoms with Crippen LogP contribution in [0.3, 0.4) is 0 Å². The molecular weight excluding hydrogens is 358 g/mol. The second-order valence-corrected chi connectivity index (χ2v) is 6.59. The van der Waals surface area contributed by atoms with Gasteiger partial charge in [-0.15, -0.1) is 0 Å². The van der Waals surface area contributed by atoms with Crippen LogP contribution in [0, 0.1) is 0 Å². The molecule has 0 radical (unpaired) electrons. The van der Waals surface area contributed by atoms with Crippen LogP contribution in [-0.2, 0) is 11.4 Å². The monoisotopic (exact) mass is 383 g/mol. The number of nitrogens with zero attached hydrogens (tertiary/aromatic N) is 1. The van der Waals surface area contributed by atoms with Crippen LogP contribution in [0.5, 0.6) is 11.5 Å². The summed E-state index contributed by atoms with van der Waals surface area (Å²) in [4.78, 5) is 27.7. The normalized spacial score (nSPS) is 15.8. The molecule has 1 aromatic heterocycles. The lowest BCUT2D eigenvalue weighted by molar-refractivity contribution is -0.119. The minimum atomic E-state index is -0.177. The maximum Gasteiger partial charge on any atom is 0.251 e. The summed E-state index contributed by atoms with van der Waals surface area (Å²) in [7, 11) is 0. The number of hydrogen-bond acceptors (Lipinski definition) is 5. The van der Waals surface area contributed by atoms with Gasteiger partial charge in [0, 0.05) is 42.5 Å². The molecule has 1 unspecified atom stereocenters. The molecule has 7 heteroatoms. The third kappa shape index (κ3) is 5.45. The van der Waals surface area contributed by atoms with Gasteiger partial charge in [0.15, 0.2) is 11.5 Å². The minimum absolute atomic E-state index is 0.0829. The molecule has 2 amide bonds. The molecule has 2 N–H and O–H groups in total. The second kappa shape index (κ2) is 9.73. The van der Waals surface area contributed by atoms with Gasteiger partial charge in [0.05, 0.1) is 6.61 Å². The highest BCUT2D eigenvalue weighted by Gasteiger charge is 2.20. The van der Waals surface area contributed by atoms with E-state index in [0.29, 0.717) is 43.2 Å². The Kier molecular flexibility index (Phi) is 6.84. The fourth-order valence-corrected chi connectivity index (χ4v) is 3.04. The number of carbonyl (C=O) groups excluding carboxylic acids is 2. The molecule has 1 aromatic carbocycles. The van der Waals surface area contributed by atoms with Crippen LogP contribution in [0.4, 0.5) is 0 Å². The molecule has 0 saturated carbocycles. The third-order valence-electron chi connectivity index (χ3n) is 4.49. The van der Waals surface area contributed by atoms with Crippen molar-refractivity contribution in [1.29, 1.82) is 0 Å². The van der Waals surface area contributed by atoms with Crippen LogP contribution in [0.25, 0.3) is 0 Å². The Morgan fingerprint density at radius 3 is 2.89 bits per heavy atom. The summed E-state index contributed by atoms with van der Waals surface area (Å²) in [5.41, 5.74) is 1.46. The number of aromatic nitrogens is 1. The quantitative estimate of drug-likeness (QED) is 0.694. The smallest absolute Gasteiger partial charge is 0.251 e. The van der Waals surface area contributed by atoms with E-state index in [4.69, 9.17) is 9.47 Å². The highest BCUT2D eigenvalue weighted by Crippen LogP contribution is 2.29. The fraction of sp³-hybridized carbons (Fsp3) is 0.381. The van der Waals surface area contributed by atoms with Crippen molar-refractivity contribution in [2.75, 3.05) is 13.2 Å². The largest absolute Gasteiger partial charge is 0.490 e. The summed E-state index contributed by atoms with van der Waals surface area (Å²) in [5, 5.41) is 5.79.